The van der Waals surface area contributed by atoms with Crippen LogP contribution in [0.15, 0.2) is 0 Å². The molecule has 2 atom stereocenters. The van der Waals surface area contributed by atoms with E-state index in [1.807, 2.05) is 0 Å². The molecular formula is C13H28N2O2. The third kappa shape index (κ3) is 5.82. The van der Waals surface area contributed by atoms with Crippen molar-refractivity contribution < 1.29 is 9.47 Å². The Morgan fingerprint density at radius 3 is 2.76 bits per heavy atom. The van der Waals surface area contributed by atoms with Gasteiger partial charge >= 0.3 is 0 Å². The Kier molecular flexibility index (Phi) is 7.77. The molecule has 0 amide bonds. The van der Waals surface area contributed by atoms with Crippen LogP contribution in [0.4, 0.5) is 0 Å². The average Bonchev–Trinajstić information content (AvgIpc) is 2.36. The first-order valence-electron chi connectivity index (χ1n) is 6.70. The SMILES string of the molecule is COCCN(CC1CCCNC1)C(C)COC. The van der Waals surface area contributed by atoms with Crippen LogP contribution < -0.4 is 5.32 Å². The molecule has 102 valence electrons. The minimum absolute atomic E-state index is 0.470. The molecule has 0 aromatic heterocycles. The van der Waals surface area contributed by atoms with Crippen molar-refractivity contribution in [2.75, 3.05) is 53.6 Å². The van der Waals surface area contributed by atoms with Gasteiger partial charge in [-0.25, -0.2) is 0 Å². The molecule has 0 aliphatic carbocycles. The fraction of sp³-hybridized carbons (Fsp3) is 1.00. The first-order valence-corrected chi connectivity index (χ1v) is 6.70. The molecule has 0 bridgehead atoms. The molecule has 1 aliphatic heterocycles. The summed E-state index contributed by atoms with van der Waals surface area (Å²) in [7, 11) is 3.54. The summed E-state index contributed by atoms with van der Waals surface area (Å²) in [5.41, 5.74) is 0. The largest absolute Gasteiger partial charge is 0.383 e. The van der Waals surface area contributed by atoms with Crippen LogP contribution in [0.3, 0.4) is 0 Å². The molecule has 4 heteroatoms. The lowest BCUT2D eigenvalue weighted by molar-refractivity contribution is 0.0619. The van der Waals surface area contributed by atoms with Crippen LogP contribution in [-0.2, 0) is 9.47 Å². The number of ether oxygens (including phenoxy) is 2. The third-order valence-electron chi connectivity index (χ3n) is 3.51. The highest BCUT2D eigenvalue weighted by atomic mass is 16.5. The molecule has 1 rings (SSSR count). The van der Waals surface area contributed by atoms with Crippen LogP contribution in [-0.4, -0.2) is 64.6 Å². The van der Waals surface area contributed by atoms with E-state index in [-0.39, 0.29) is 0 Å². The molecular weight excluding hydrogens is 216 g/mol. The smallest absolute Gasteiger partial charge is 0.0615 e. The molecule has 0 aromatic carbocycles. The summed E-state index contributed by atoms with van der Waals surface area (Å²) in [6.45, 7) is 8.32. The summed E-state index contributed by atoms with van der Waals surface area (Å²) in [5.74, 6) is 0.778. The zero-order valence-electron chi connectivity index (χ0n) is 11.6. The van der Waals surface area contributed by atoms with Gasteiger partial charge in [0.15, 0.2) is 0 Å². The molecule has 4 nitrogen and oxygen atoms in total. The summed E-state index contributed by atoms with van der Waals surface area (Å²) < 4.78 is 10.4. The fourth-order valence-corrected chi connectivity index (χ4v) is 2.46. The minimum Gasteiger partial charge on any atom is -0.383 e. The Morgan fingerprint density at radius 2 is 2.18 bits per heavy atom. The molecule has 1 heterocycles. The topological polar surface area (TPSA) is 33.7 Å². The second-order valence-corrected chi connectivity index (χ2v) is 5.00. The molecule has 0 aromatic rings. The van der Waals surface area contributed by atoms with Crippen molar-refractivity contribution in [3.05, 3.63) is 0 Å². The van der Waals surface area contributed by atoms with Crippen molar-refractivity contribution in [3.8, 4) is 0 Å². The highest BCUT2D eigenvalue weighted by Gasteiger charge is 2.20. The van der Waals surface area contributed by atoms with Gasteiger partial charge in [-0.3, -0.25) is 4.90 Å². The van der Waals surface area contributed by atoms with E-state index >= 15 is 0 Å². The lowest BCUT2D eigenvalue weighted by Gasteiger charge is -2.33. The standard InChI is InChI=1S/C13H28N2O2/c1-12(11-17-3)15(7-8-16-2)10-13-5-4-6-14-9-13/h12-14H,4-11H2,1-3H3. The van der Waals surface area contributed by atoms with Gasteiger partial charge in [0.25, 0.3) is 0 Å². The predicted octanol–water partition coefficient (Wildman–Crippen LogP) is 0.969. The monoisotopic (exact) mass is 244 g/mol. The minimum atomic E-state index is 0.470. The highest BCUT2D eigenvalue weighted by Crippen LogP contribution is 2.13. The first-order chi connectivity index (χ1) is 8.27. The van der Waals surface area contributed by atoms with Crippen LogP contribution in [0, 0.1) is 5.92 Å². The van der Waals surface area contributed by atoms with E-state index in [4.69, 9.17) is 9.47 Å². The number of hydrogen-bond donors (Lipinski definition) is 1. The van der Waals surface area contributed by atoms with Gasteiger partial charge in [0.2, 0.25) is 0 Å². The normalized spacial score (nSPS) is 22.9. The summed E-state index contributed by atoms with van der Waals surface area (Å²) in [6, 6.07) is 0.470. The summed E-state index contributed by atoms with van der Waals surface area (Å²) in [4.78, 5) is 2.49. The summed E-state index contributed by atoms with van der Waals surface area (Å²) in [5, 5.41) is 3.48. The van der Waals surface area contributed by atoms with Gasteiger partial charge in [-0.2, -0.15) is 0 Å². The van der Waals surface area contributed by atoms with Gasteiger partial charge in [0, 0.05) is 33.4 Å². The van der Waals surface area contributed by atoms with Crippen molar-refractivity contribution >= 4 is 0 Å². The number of hydrogen-bond acceptors (Lipinski definition) is 4. The van der Waals surface area contributed by atoms with Gasteiger partial charge in [-0.15, -0.1) is 0 Å². The second kappa shape index (κ2) is 8.86. The molecule has 0 radical (unpaired) electrons. The molecule has 0 spiro atoms. The van der Waals surface area contributed by atoms with E-state index in [9.17, 15) is 0 Å². The summed E-state index contributed by atoms with van der Waals surface area (Å²) in [6.07, 6.45) is 2.65. The van der Waals surface area contributed by atoms with E-state index in [2.05, 4.69) is 17.1 Å². The molecule has 1 aliphatic rings. The fourth-order valence-electron chi connectivity index (χ4n) is 2.46. The molecule has 1 fully saturated rings. The second-order valence-electron chi connectivity index (χ2n) is 5.00. The van der Waals surface area contributed by atoms with Gasteiger partial charge in [0.05, 0.1) is 13.2 Å². The maximum Gasteiger partial charge on any atom is 0.0615 e. The lowest BCUT2D eigenvalue weighted by Crippen LogP contribution is -2.44. The Labute approximate surface area is 106 Å². The van der Waals surface area contributed by atoms with Crippen molar-refractivity contribution in [1.82, 2.24) is 10.2 Å². The molecule has 1 N–H and O–H groups in total. The number of piperidine rings is 1. The lowest BCUT2D eigenvalue weighted by atomic mass is 9.98. The van der Waals surface area contributed by atoms with Crippen LogP contribution in [0.5, 0.6) is 0 Å². The maximum absolute atomic E-state index is 5.26. The zero-order chi connectivity index (χ0) is 12.5. The molecule has 1 saturated heterocycles. The van der Waals surface area contributed by atoms with Crippen LogP contribution >= 0.6 is 0 Å². The highest BCUT2D eigenvalue weighted by molar-refractivity contribution is 4.76. The number of nitrogens with zero attached hydrogens (tertiary/aromatic N) is 1. The third-order valence-corrected chi connectivity index (χ3v) is 3.51. The Hall–Kier alpha value is -0.160. The Balaban J connectivity index is 2.37. The maximum atomic E-state index is 5.26. The van der Waals surface area contributed by atoms with E-state index in [0.29, 0.717) is 6.04 Å². The number of nitrogens with one attached hydrogen (secondary N) is 1. The van der Waals surface area contributed by atoms with Gasteiger partial charge in [-0.05, 0) is 38.8 Å². The quantitative estimate of drug-likeness (QED) is 0.690. The van der Waals surface area contributed by atoms with E-state index in [0.717, 1.165) is 38.8 Å². The molecule has 17 heavy (non-hydrogen) atoms. The van der Waals surface area contributed by atoms with Crippen molar-refractivity contribution in [1.29, 1.82) is 0 Å². The first kappa shape index (κ1) is 14.9. The Bertz CT molecular complexity index is 184. The summed E-state index contributed by atoms with van der Waals surface area (Å²) >= 11 is 0. The number of methoxy groups -OCH3 is 2. The van der Waals surface area contributed by atoms with Gasteiger partial charge in [0.1, 0.15) is 0 Å². The number of rotatable bonds is 8. The molecule has 2 unspecified atom stereocenters. The van der Waals surface area contributed by atoms with Crippen molar-refractivity contribution in [2.24, 2.45) is 5.92 Å². The van der Waals surface area contributed by atoms with Gasteiger partial charge in [-0.1, -0.05) is 0 Å². The average molecular weight is 244 g/mol. The van der Waals surface area contributed by atoms with Crippen LogP contribution in [0.25, 0.3) is 0 Å². The van der Waals surface area contributed by atoms with E-state index in [1.54, 1.807) is 14.2 Å². The zero-order valence-corrected chi connectivity index (χ0v) is 11.6. The van der Waals surface area contributed by atoms with Crippen molar-refractivity contribution in [3.63, 3.8) is 0 Å². The van der Waals surface area contributed by atoms with E-state index < -0.39 is 0 Å². The Morgan fingerprint density at radius 1 is 1.35 bits per heavy atom. The van der Waals surface area contributed by atoms with Crippen LogP contribution in [0.2, 0.25) is 0 Å². The molecule has 0 saturated carbocycles. The predicted molar refractivity (Wildman–Crippen MR) is 70.4 cm³/mol. The van der Waals surface area contributed by atoms with Gasteiger partial charge < -0.3 is 14.8 Å². The van der Waals surface area contributed by atoms with E-state index in [1.165, 1.54) is 19.4 Å². The van der Waals surface area contributed by atoms with Crippen LogP contribution in [0.1, 0.15) is 19.8 Å². The van der Waals surface area contributed by atoms with Crippen molar-refractivity contribution in [2.45, 2.75) is 25.8 Å².